The molecule has 0 aromatic heterocycles. The van der Waals surface area contributed by atoms with Crippen LogP contribution in [-0.4, -0.2) is 34.0 Å². The van der Waals surface area contributed by atoms with Gasteiger partial charge in [-0.15, -0.1) is 0 Å². The van der Waals surface area contributed by atoms with Gasteiger partial charge in [-0.25, -0.2) is 8.78 Å². The van der Waals surface area contributed by atoms with Gasteiger partial charge in [0.1, 0.15) is 6.61 Å². The van der Waals surface area contributed by atoms with Crippen molar-refractivity contribution in [1.82, 2.24) is 4.90 Å². The zero-order chi connectivity index (χ0) is 19.8. The number of benzene rings is 2. The number of morpholine rings is 1. The van der Waals surface area contributed by atoms with Gasteiger partial charge in [0, 0.05) is 44.1 Å². The van der Waals surface area contributed by atoms with Crippen LogP contribution in [0.25, 0.3) is 0 Å². The maximum absolute atomic E-state index is 13.8. The summed E-state index contributed by atoms with van der Waals surface area (Å²) >= 11 is 0. The second-order valence-corrected chi connectivity index (χ2v) is 6.88. The first kappa shape index (κ1) is 23.1. The summed E-state index contributed by atoms with van der Waals surface area (Å²) in [6.45, 7) is 2.92. The van der Waals surface area contributed by atoms with Gasteiger partial charge in [-0.2, -0.15) is 0 Å². The predicted molar refractivity (Wildman–Crippen MR) is 92.4 cm³/mol. The number of amides is 2. The van der Waals surface area contributed by atoms with E-state index in [1.807, 2.05) is 0 Å². The number of aliphatic hydroxyl groups excluding tert-OH is 1. The first-order chi connectivity index (χ1) is 12.7. The summed E-state index contributed by atoms with van der Waals surface area (Å²) in [5.74, 6) is -3.65. The van der Waals surface area contributed by atoms with Gasteiger partial charge in [-0.3, -0.25) is 14.5 Å². The summed E-state index contributed by atoms with van der Waals surface area (Å²) in [6, 6.07) is 10.3. The van der Waals surface area contributed by atoms with E-state index in [0.29, 0.717) is 5.56 Å². The Hall–Kier alpha value is -1.20. The molecule has 3 rings (SSSR count). The number of hydrogen-bond acceptors (Lipinski definition) is 4. The standard InChI is InChI=1S/C20H19F2NO4.Ac/c1-20(2)18(13-8-9-14(21)15(22)10-13)23(16(24)11-27-20)19(26)17(25)12-6-4-3-5-7-12;/h3-10,17-18,25H,11H2,1-2H3;. The molecule has 2 aromatic rings. The minimum atomic E-state index is -1.57. The molecule has 0 bridgehead atoms. The molecule has 0 saturated carbocycles. The summed E-state index contributed by atoms with van der Waals surface area (Å²) in [7, 11) is 0. The van der Waals surface area contributed by atoms with Crippen molar-refractivity contribution in [3.63, 3.8) is 0 Å². The molecular formula is C20H19AcF2NO4. The van der Waals surface area contributed by atoms with Gasteiger partial charge < -0.3 is 9.84 Å². The summed E-state index contributed by atoms with van der Waals surface area (Å²) < 4.78 is 32.7. The van der Waals surface area contributed by atoms with E-state index in [-0.39, 0.29) is 56.2 Å². The first-order valence-corrected chi connectivity index (χ1v) is 8.40. The quantitative estimate of drug-likeness (QED) is 0.588. The second-order valence-electron chi connectivity index (χ2n) is 6.88. The van der Waals surface area contributed by atoms with E-state index in [0.717, 1.165) is 17.0 Å². The molecule has 1 aliphatic heterocycles. The molecule has 1 radical (unpaired) electrons. The minimum absolute atomic E-state index is 0. The van der Waals surface area contributed by atoms with Crippen molar-refractivity contribution in [3.05, 3.63) is 71.3 Å². The normalized spacial score (nSPS) is 19.7. The van der Waals surface area contributed by atoms with Crippen LogP contribution in [0.3, 0.4) is 0 Å². The summed E-state index contributed by atoms with van der Waals surface area (Å²) in [6.07, 6.45) is -1.57. The van der Waals surface area contributed by atoms with Gasteiger partial charge >= 0.3 is 0 Å². The van der Waals surface area contributed by atoms with Crippen LogP contribution in [0.2, 0.25) is 0 Å². The molecule has 28 heavy (non-hydrogen) atoms. The topological polar surface area (TPSA) is 66.8 Å². The van der Waals surface area contributed by atoms with Crippen LogP contribution in [0.5, 0.6) is 0 Å². The molecule has 2 amide bonds. The SMILES string of the molecule is CC1(C)OCC(=O)N(C(=O)C(O)c2ccccc2)C1c1ccc(F)c(F)c1.[Ac]. The largest absolute Gasteiger partial charge is 0.378 e. The number of ether oxygens (including phenoxy) is 1. The Morgan fingerprint density at radius 2 is 1.82 bits per heavy atom. The van der Waals surface area contributed by atoms with Crippen molar-refractivity contribution >= 4 is 11.8 Å². The summed E-state index contributed by atoms with van der Waals surface area (Å²) in [5.41, 5.74) is -0.547. The average Bonchev–Trinajstić information content (AvgIpc) is 2.65. The van der Waals surface area contributed by atoms with Crippen molar-refractivity contribution in [3.8, 4) is 0 Å². The van der Waals surface area contributed by atoms with Crippen LogP contribution < -0.4 is 0 Å². The number of rotatable bonds is 3. The molecule has 1 heterocycles. The molecule has 8 heteroatoms. The number of nitrogens with zero attached hydrogens (tertiary/aromatic N) is 1. The van der Waals surface area contributed by atoms with Crippen molar-refractivity contribution in [2.75, 3.05) is 6.61 Å². The Morgan fingerprint density at radius 1 is 1.18 bits per heavy atom. The van der Waals surface area contributed by atoms with E-state index in [1.54, 1.807) is 44.2 Å². The molecular weight excluding hydrogens is 583 g/mol. The maximum atomic E-state index is 13.8. The van der Waals surface area contributed by atoms with E-state index in [9.17, 15) is 23.5 Å². The smallest absolute Gasteiger partial charge is 0.263 e. The van der Waals surface area contributed by atoms with Crippen molar-refractivity contribution in [2.45, 2.75) is 31.6 Å². The molecule has 0 aliphatic carbocycles. The van der Waals surface area contributed by atoms with Crippen LogP contribution in [0.1, 0.15) is 37.1 Å². The van der Waals surface area contributed by atoms with Crippen LogP contribution in [0.4, 0.5) is 8.78 Å². The zero-order valence-electron chi connectivity index (χ0n) is 15.4. The minimum Gasteiger partial charge on any atom is -0.378 e. The van der Waals surface area contributed by atoms with Crippen LogP contribution in [0, 0.1) is 55.7 Å². The second kappa shape index (κ2) is 9.08. The van der Waals surface area contributed by atoms with Gasteiger partial charge in [-0.1, -0.05) is 36.4 Å². The monoisotopic (exact) mass is 602 g/mol. The summed E-state index contributed by atoms with van der Waals surface area (Å²) in [4.78, 5) is 26.3. The number of carbonyl (C=O) groups is 2. The van der Waals surface area contributed by atoms with Crippen LogP contribution >= 0.6 is 0 Å². The molecule has 1 aliphatic rings. The first-order valence-electron chi connectivity index (χ1n) is 8.40. The van der Waals surface area contributed by atoms with E-state index in [1.165, 1.54) is 6.07 Å². The Balaban J connectivity index is 0.00000280. The molecule has 1 N–H and O–H groups in total. The van der Waals surface area contributed by atoms with Gasteiger partial charge in [0.05, 0.1) is 11.6 Å². The molecule has 2 atom stereocenters. The summed E-state index contributed by atoms with van der Waals surface area (Å²) in [5, 5.41) is 10.5. The predicted octanol–water partition coefficient (Wildman–Crippen LogP) is 2.90. The van der Waals surface area contributed by atoms with Crippen LogP contribution in [-0.2, 0) is 14.3 Å². The Labute approximate surface area is 197 Å². The van der Waals surface area contributed by atoms with Crippen molar-refractivity contribution in [2.24, 2.45) is 0 Å². The number of imide groups is 1. The van der Waals surface area contributed by atoms with Crippen molar-refractivity contribution < 1.29 is 72.3 Å². The molecule has 5 nitrogen and oxygen atoms in total. The van der Waals surface area contributed by atoms with Gasteiger partial charge in [0.25, 0.3) is 11.8 Å². The van der Waals surface area contributed by atoms with E-state index in [4.69, 9.17) is 4.74 Å². The fourth-order valence-corrected chi connectivity index (χ4v) is 3.24. The van der Waals surface area contributed by atoms with Gasteiger partial charge in [0.2, 0.25) is 0 Å². The average molecular weight is 602 g/mol. The number of carbonyl (C=O) groups excluding carboxylic acids is 2. The molecule has 145 valence electrons. The Bertz CT molecular complexity index is 876. The van der Waals surface area contributed by atoms with Crippen LogP contribution in [0.15, 0.2) is 48.5 Å². The molecule has 0 spiro atoms. The Morgan fingerprint density at radius 3 is 2.43 bits per heavy atom. The molecule has 2 unspecified atom stereocenters. The Kier molecular flexibility index (Phi) is 7.49. The van der Waals surface area contributed by atoms with E-state index < -0.39 is 41.2 Å². The third-order valence-corrected chi connectivity index (χ3v) is 4.60. The molecule has 1 saturated heterocycles. The third-order valence-electron chi connectivity index (χ3n) is 4.60. The third kappa shape index (κ3) is 4.51. The van der Waals surface area contributed by atoms with Crippen molar-refractivity contribution in [1.29, 1.82) is 0 Å². The van der Waals surface area contributed by atoms with Gasteiger partial charge in [0.15, 0.2) is 17.7 Å². The van der Waals surface area contributed by atoms with E-state index >= 15 is 0 Å². The fraction of sp³-hybridized carbons (Fsp3) is 0.300. The molecule has 2 aromatic carbocycles. The molecule has 1 fully saturated rings. The maximum Gasteiger partial charge on any atom is 0.263 e. The van der Waals surface area contributed by atoms with E-state index in [2.05, 4.69) is 0 Å². The fourth-order valence-electron chi connectivity index (χ4n) is 3.24. The zero-order valence-corrected chi connectivity index (χ0v) is 20.2. The number of aliphatic hydroxyl groups is 1. The number of halogens is 2. The number of hydrogen-bond donors (Lipinski definition) is 1. The van der Waals surface area contributed by atoms with Gasteiger partial charge in [-0.05, 0) is 37.1 Å².